The third kappa shape index (κ3) is 4.27. The first-order valence-corrected chi connectivity index (χ1v) is 9.25. The number of non-ortho nitro benzene ring substituents is 1. The molecule has 1 aliphatic rings. The van der Waals surface area contributed by atoms with Crippen molar-refractivity contribution >= 4 is 29.3 Å². The van der Waals surface area contributed by atoms with Gasteiger partial charge in [0.15, 0.2) is 11.5 Å². The van der Waals surface area contributed by atoms with Gasteiger partial charge in [-0.3, -0.25) is 14.9 Å². The van der Waals surface area contributed by atoms with Crippen molar-refractivity contribution in [3.05, 3.63) is 57.6 Å². The zero-order valence-corrected chi connectivity index (χ0v) is 17.4. The van der Waals surface area contributed by atoms with Crippen LogP contribution in [0.3, 0.4) is 0 Å². The molecular weight excluding hydrogens is 406 g/mol. The summed E-state index contributed by atoms with van der Waals surface area (Å²) >= 11 is 0. The van der Waals surface area contributed by atoms with Gasteiger partial charge in [-0.05, 0) is 31.2 Å². The van der Waals surface area contributed by atoms with Crippen molar-refractivity contribution in [1.82, 2.24) is 0 Å². The Labute approximate surface area is 178 Å². The number of hydrogen-bond donors (Lipinski definition) is 0. The number of carbonyl (C=O) groups is 1. The summed E-state index contributed by atoms with van der Waals surface area (Å²) in [5.41, 5.74) is 1.04. The summed E-state index contributed by atoms with van der Waals surface area (Å²) in [6.07, 6.45) is 1.59. The van der Waals surface area contributed by atoms with Crippen molar-refractivity contribution in [2.75, 3.05) is 32.9 Å². The van der Waals surface area contributed by atoms with Gasteiger partial charge in [-0.15, -0.1) is 5.10 Å². The van der Waals surface area contributed by atoms with Crippen LogP contribution in [0.5, 0.6) is 17.2 Å². The van der Waals surface area contributed by atoms with E-state index >= 15 is 0 Å². The van der Waals surface area contributed by atoms with Crippen LogP contribution in [0.1, 0.15) is 12.5 Å². The van der Waals surface area contributed by atoms with Crippen LogP contribution in [0.2, 0.25) is 0 Å². The number of nitro benzene ring substituents is 1. The molecule has 0 N–H and O–H groups in total. The zero-order chi connectivity index (χ0) is 22.5. The Hall–Kier alpha value is -4.08. The van der Waals surface area contributed by atoms with E-state index in [2.05, 4.69) is 5.10 Å². The van der Waals surface area contributed by atoms with Crippen LogP contribution in [0.15, 0.2) is 47.1 Å². The molecular formula is C21H21N3O7. The second kappa shape index (κ2) is 9.16. The molecule has 0 unspecified atom stereocenters. The lowest BCUT2D eigenvalue weighted by Crippen LogP contribution is -2.21. The lowest BCUT2D eigenvalue weighted by Gasteiger charge is -2.13. The fraction of sp³-hybridized carbons (Fsp3) is 0.238. The van der Waals surface area contributed by atoms with Gasteiger partial charge in [0, 0.05) is 23.8 Å². The molecule has 1 aliphatic heterocycles. The first-order valence-electron chi connectivity index (χ1n) is 9.25. The molecule has 1 heterocycles. The van der Waals surface area contributed by atoms with E-state index in [-0.39, 0.29) is 17.2 Å². The SMILES string of the molecule is CCOC1=NN(c2ccc([N+](=O)[O-])cc2)C(=O)/C1=C\c1cc(OC)c(OC)cc1OC. The Bertz CT molecular complexity index is 1060. The molecule has 162 valence electrons. The Kier molecular flexibility index (Phi) is 6.39. The number of hydrazone groups is 1. The molecule has 10 heteroatoms. The highest BCUT2D eigenvalue weighted by atomic mass is 16.6. The normalized spacial score (nSPS) is 14.5. The minimum atomic E-state index is -0.515. The van der Waals surface area contributed by atoms with Crippen LogP contribution >= 0.6 is 0 Å². The molecule has 0 radical (unpaired) electrons. The Morgan fingerprint density at radius 3 is 2.19 bits per heavy atom. The zero-order valence-electron chi connectivity index (χ0n) is 17.4. The van der Waals surface area contributed by atoms with E-state index in [1.54, 1.807) is 25.1 Å². The highest BCUT2D eigenvalue weighted by Crippen LogP contribution is 2.36. The summed E-state index contributed by atoms with van der Waals surface area (Å²) in [5, 5.41) is 16.3. The van der Waals surface area contributed by atoms with Crippen molar-refractivity contribution in [1.29, 1.82) is 0 Å². The minimum Gasteiger partial charge on any atom is -0.496 e. The summed E-state index contributed by atoms with van der Waals surface area (Å²) in [4.78, 5) is 23.5. The van der Waals surface area contributed by atoms with E-state index in [1.807, 2.05) is 0 Å². The predicted molar refractivity (Wildman–Crippen MR) is 114 cm³/mol. The van der Waals surface area contributed by atoms with E-state index in [1.165, 1.54) is 45.6 Å². The molecule has 3 rings (SSSR count). The highest BCUT2D eigenvalue weighted by molar-refractivity contribution is 6.30. The standard InChI is InChI=1S/C21H21N3O7/c1-5-31-20-16(10-13-11-18(29-3)19(30-4)12-17(13)28-2)21(25)23(22-20)14-6-8-15(9-7-14)24(26)27/h6-12H,5H2,1-4H3/b16-10-. The van der Waals surface area contributed by atoms with E-state index in [4.69, 9.17) is 18.9 Å². The smallest absolute Gasteiger partial charge is 0.284 e. The van der Waals surface area contributed by atoms with Crippen molar-refractivity contribution in [3.63, 3.8) is 0 Å². The average Bonchev–Trinajstić information content (AvgIpc) is 3.08. The topological polar surface area (TPSA) is 113 Å². The molecule has 31 heavy (non-hydrogen) atoms. The van der Waals surface area contributed by atoms with E-state index < -0.39 is 10.8 Å². The molecule has 0 saturated heterocycles. The third-order valence-corrected chi connectivity index (χ3v) is 4.47. The van der Waals surface area contributed by atoms with Gasteiger partial charge >= 0.3 is 0 Å². The van der Waals surface area contributed by atoms with Crippen LogP contribution in [-0.2, 0) is 9.53 Å². The van der Waals surface area contributed by atoms with Gasteiger partial charge < -0.3 is 18.9 Å². The number of rotatable bonds is 7. The largest absolute Gasteiger partial charge is 0.496 e. The van der Waals surface area contributed by atoms with Gasteiger partial charge in [0.2, 0.25) is 5.90 Å². The number of benzene rings is 2. The molecule has 1 amide bonds. The van der Waals surface area contributed by atoms with Crippen molar-refractivity contribution in [3.8, 4) is 17.2 Å². The van der Waals surface area contributed by atoms with Gasteiger partial charge in [-0.2, -0.15) is 5.01 Å². The fourth-order valence-electron chi connectivity index (χ4n) is 2.97. The number of nitro groups is 1. The van der Waals surface area contributed by atoms with Gasteiger partial charge in [0.05, 0.1) is 38.5 Å². The van der Waals surface area contributed by atoms with Crippen molar-refractivity contribution in [2.45, 2.75) is 6.92 Å². The fourth-order valence-corrected chi connectivity index (χ4v) is 2.97. The molecule has 2 aromatic carbocycles. The molecule has 0 aromatic heterocycles. The van der Waals surface area contributed by atoms with Crippen LogP contribution in [0.25, 0.3) is 6.08 Å². The van der Waals surface area contributed by atoms with Crippen LogP contribution < -0.4 is 19.2 Å². The number of carbonyl (C=O) groups excluding carboxylic acids is 1. The summed E-state index contributed by atoms with van der Waals surface area (Å²) in [6, 6.07) is 8.83. The first-order chi connectivity index (χ1) is 14.9. The maximum Gasteiger partial charge on any atom is 0.284 e. The highest BCUT2D eigenvalue weighted by Gasteiger charge is 2.33. The van der Waals surface area contributed by atoms with Gasteiger partial charge in [0.1, 0.15) is 11.3 Å². The second-order valence-corrected chi connectivity index (χ2v) is 6.24. The molecule has 10 nitrogen and oxygen atoms in total. The molecule has 2 aromatic rings. The van der Waals surface area contributed by atoms with Crippen molar-refractivity contribution < 1.29 is 28.7 Å². The predicted octanol–water partition coefficient (Wildman–Crippen LogP) is 3.40. The average molecular weight is 427 g/mol. The Morgan fingerprint density at radius 2 is 1.65 bits per heavy atom. The summed E-state index contributed by atoms with van der Waals surface area (Å²) in [7, 11) is 4.52. The second-order valence-electron chi connectivity index (χ2n) is 6.24. The summed E-state index contributed by atoms with van der Waals surface area (Å²) in [6.45, 7) is 2.07. The number of amides is 1. The maximum atomic E-state index is 13.1. The number of nitrogens with zero attached hydrogens (tertiary/aromatic N) is 3. The maximum absolute atomic E-state index is 13.1. The third-order valence-electron chi connectivity index (χ3n) is 4.47. The lowest BCUT2D eigenvalue weighted by atomic mass is 10.1. The molecule has 0 fully saturated rings. The Morgan fingerprint density at radius 1 is 1.03 bits per heavy atom. The molecule has 0 saturated carbocycles. The number of anilines is 1. The van der Waals surface area contributed by atoms with Gasteiger partial charge in [-0.1, -0.05) is 0 Å². The van der Waals surface area contributed by atoms with E-state index in [9.17, 15) is 14.9 Å². The Balaban J connectivity index is 2.04. The quantitative estimate of drug-likeness (QED) is 0.378. The van der Waals surface area contributed by atoms with Crippen molar-refractivity contribution in [2.24, 2.45) is 5.10 Å². The molecule has 0 spiro atoms. The number of ether oxygens (including phenoxy) is 4. The number of hydrogen-bond acceptors (Lipinski definition) is 8. The van der Waals surface area contributed by atoms with Crippen LogP contribution in [0, 0.1) is 10.1 Å². The summed E-state index contributed by atoms with van der Waals surface area (Å²) in [5.74, 6) is 1.08. The molecule has 0 bridgehead atoms. The first kappa shape index (κ1) is 21.6. The minimum absolute atomic E-state index is 0.0877. The molecule has 0 atom stereocenters. The van der Waals surface area contributed by atoms with Gasteiger partial charge in [-0.25, -0.2) is 0 Å². The monoisotopic (exact) mass is 427 g/mol. The van der Waals surface area contributed by atoms with E-state index in [0.717, 1.165) is 5.01 Å². The number of methoxy groups -OCH3 is 3. The lowest BCUT2D eigenvalue weighted by molar-refractivity contribution is -0.384. The molecule has 0 aliphatic carbocycles. The van der Waals surface area contributed by atoms with Gasteiger partial charge in [0.25, 0.3) is 11.6 Å². The van der Waals surface area contributed by atoms with Crippen LogP contribution in [0.4, 0.5) is 11.4 Å². The van der Waals surface area contributed by atoms with E-state index in [0.29, 0.717) is 35.1 Å². The van der Waals surface area contributed by atoms with Crippen LogP contribution in [-0.4, -0.2) is 44.7 Å². The summed E-state index contributed by atoms with van der Waals surface area (Å²) < 4.78 is 21.6.